The van der Waals surface area contributed by atoms with Crippen LogP contribution in [-0.4, -0.2) is 10.1 Å². The van der Waals surface area contributed by atoms with E-state index in [0.717, 1.165) is 6.54 Å². The topological polar surface area (TPSA) is 17.0 Å². The summed E-state index contributed by atoms with van der Waals surface area (Å²) >= 11 is 0. The molecule has 0 spiro atoms. The first kappa shape index (κ1) is 9.91. The van der Waals surface area contributed by atoms with Gasteiger partial charge in [-0.3, -0.25) is 0 Å². The predicted molar refractivity (Wildman–Crippen MR) is 67.4 cm³/mol. The summed E-state index contributed by atoms with van der Waals surface area (Å²) in [6, 6.07) is 8.60. The largest absolute Gasteiger partial charge is 0.350 e. The number of aryl methyl sites for hydroxylation is 1. The minimum atomic E-state index is 0.414. The highest BCUT2D eigenvalue weighted by molar-refractivity contribution is 5.83. The van der Waals surface area contributed by atoms with Gasteiger partial charge in [-0.2, -0.15) is 0 Å². The number of benzene rings is 1. The number of nitrogens with zero attached hydrogens (tertiary/aromatic N) is 1. The van der Waals surface area contributed by atoms with E-state index in [9.17, 15) is 0 Å². The molecule has 0 bridgehead atoms. The summed E-state index contributed by atoms with van der Waals surface area (Å²) in [5.74, 6) is 0. The van der Waals surface area contributed by atoms with Crippen molar-refractivity contribution in [2.45, 2.75) is 31.8 Å². The first-order valence-corrected chi connectivity index (χ1v) is 5.96. The zero-order chi connectivity index (χ0) is 11.2. The molecule has 0 unspecified atom stereocenters. The maximum Gasteiger partial charge on any atom is 0.0481 e. The van der Waals surface area contributed by atoms with E-state index in [0.29, 0.717) is 5.54 Å². The van der Waals surface area contributed by atoms with Crippen molar-refractivity contribution in [1.82, 2.24) is 9.88 Å². The summed E-state index contributed by atoms with van der Waals surface area (Å²) in [4.78, 5) is 0. The minimum absolute atomic E-state index is 0.414. The second-order valence-electron chi connectivity index (χ2n) is 5.20. The molecule has 16 heavy (non-hydrogen) atoms. The fourth-order valence-corrected chi connectivity index (χ4v) is 2.24. The van der Waals surface area contributed by atoms with Gasteiger partial charge >= 0.3 is 0 Å². The van der Waals surface area contributed by atoms with E-state index in [1.807, 2.05) is 0 Å². The molecular formula is C14H18N2. The van der Waals surface area contributed by atoms with Gasteiger partial charge in [0.1, 0.15) is 0 Å². The second-order valence-corrected chi connectivity index (χ2v) is 5.20. The van der Waals surface area contributed by atoms with E-state index < -0.39 is 0 Å². The molecule has 1 aromatic carbocycles. The molecule has 1 aliphatic carbocycles. The quantitative estimate of drug-likeness (QED) is 0.831. The fraction of sp³-hybridized carbons (Fsp3) is 0.429. The Morgan fingerprint density at radius 1 is 1.31 bits per heavy atom. The van der Waals surface area contributed by atoms with Crippen LogP contribution in [0.1, 0.15) is 25.3 Å². The van der Waals surface area contributed by atoms with Gasteiger partial charge in [0.05, 0.1) is 0 Å². The second kappa shape index (κ2) is 3.36. The monoisotopic (exact) mass is 214 g/mol. The Morgan fingerprint density at radius 2 is 2.06 bits per heavy atom. The normalized spacial score (nSPS) is 17.9. The minimum Gasteiger partial charge on any atom is -0.350 e. The van der Waals surface area contributed by atoms with Gasteiger partial charge in [-0.25, -0.2) is 0 Å². The van der Waals surface area contributed by atoms with Crippen LogP contribution >= 0.6 is 0 Å². The van der Waals surface area contributed by atoms with Gasteiger partial charge in [-0.05, 0) is 31.4 Å². The highest BCUT2D eigenvalue weighted by Crippen LogP contribution is 2.35. The lowest BCUT2D eigenvalue weighted by atomic mass is 10.1. The SMILES string of the molecule is Cn1cc(CNC2(C)CC2)c2ccccc21. The van der Waals surface area contributed by atoms with Crippen molar-refractivity contribution in [3.05, 3.63) is 36.0 Å². The van der Waals surface area contributed by atoms with Gasteiger partial charge in [-0.1, -0.05) is 18.2 Å². The van der Waals surface area contributed by atoms with Crippen LogP contribution in [0.25, 0.3) is 10.9 Å². The highest BCUT2D eigenvalue weighted by Gasteiger charge is 2.36. The Bertz CT molecular complexity index is 521. The van der Waals surface area contributed by atoms with E-state index in [4.69, 9.17) is 0 Å². The van der Waals surface area contributed by atoms with Gasteiger partial charge in [0.2, 0.25) is 0 Å². The average molecular weight is 214 g/mol. The number of aromatic nitrogens is 1. The van der Waals surface area contributed by atoms with E-state index in [-0.39, 0.29) is 0 Å². The molecule has 3 rings (SSSR count). The third-order valence-corrected chi connectivity index (χ3v) is 3.69. The zero-order valence-corrected chi connectivity index (χ0v) is 9.96. The third kappa shape index (κ3) is 1.63. The van der Waals surface area contributed by atoms with E-state index >= 15 is 0 Å². The Labute approximate surface area is 96.3 Å². The van der Waals surface area contributed by atoms with Crippen molar-refractivity contribution >= 4 is 10.9 Å². The Balaban J connectivity index is 1.91. The van der Waals surface area contributed by atoms with Crippen LogP contribution in [0.5, 0.6) is 0 Å². The molecule has 1 aliphatic rings. The van der Waals surface area contributed by atoms with Crippen molar-refractivity contribution in [1.29, 1.82) is 0 Å². The van der Waals surface area contributed by atoms with Gasteiger partial charge in [0, 0.05) is 36.2 Å². The lowest BCUT2D eigenvalue weighted by Crippen LogP contribution is -2.26. The Morgan fingerprint density at radius 3 is 2.81 bits per heavy atom. The van der Waals surface area contributed by atoms with Crippen LogP contribution in [0.4, 0.5) is 0 Å². The number of fused-ring (bicyclic) bond motifs is 1. The molecule has 0 radical (unpaired) electrons. The number of hydrogen-bond acceptors (Lipinski definition) is 1. The molecule has 84 valence electrons. The average Bonchev–Trinajstić information content (AvgIpc) is 2.94. The molecule has 0 amide bonds. The number of rotatable bonds is 3. The molecule has 1 fully saturated rings. The maximum absolute atomic E-state index is 3.64. The van der Waals surface area contributed by atoms with Crippen molar-refractivity contribution in [2.75, 3.05) is 0 Å². The number of para-hydroxylation sites is 1. The smallest absolute Gasteiger partial charge is 0.0481 e. The zero-order valence-electron chi connectivity index (χ0n) is 9.96. The molecule has 1 saturated carbocycles. The first-order valence-electron chi connectivity index (χ1n) is 5.96. The molecule has 2 nitrogen and oxygen atoms in total. The van der Waals surface area contributed by atoms with Crippen LogP contribution in [0.3, 0.4) is 0 Å². The van der Waals surface area contributed by atoms with E-state index in [2.05, 4.69) is 54.3 Å². The Kier molecular flexibility index (Phi) is 2.08. The molecule has 1 aromatic heterocycles. The maximum atomic E-state index is 3.64. The molecule has 2 aromatic rings. The summed E-state index contributed by atoms with van der Waals surface area (Å²) < 4.78 is 2.21. The molecular weight excluding hydrogens is 196 g/mol. The number of hydrogen-bond donors (Lipinski definition) is 1. The molecule has 1 N–H and O–H groups in total. The van der Waals surface area contributed by atoms with Crippen LogP contribution in [0, 0.1) is 0 Å². The standard InChI is InChI=1S/C14H18N2/c1-14(7-8-14)15-9-11-10-16(2)13-6-4-3-5-12(11)13/h3-6,10,15H,7-9H2,1-2H3. The van der Waals surface area contributed by atoms with Crippen molar-refractivity contribution in [3.63, 3.8) is 0 Å². The summed E-state index contributed by atoms with van der Waals surface area (Å²) in [5, 5.41) is 5.02. The fourth-order valence-electron chi connectivity index (χ4n) is 2.24. The predicted octanol–water partition coefficient (Wildman–Crippen LogP) is 2.82. The van der Waals surface area contributed by atoms with Crippen molar-refractivity contribution < 1.29 is 0 Å². The van der Waals surface area contributed by atoms with Gasteiger partial charge in [-0.15, -0.1) is 0 Å². The van der Waals surface area contributed by atoms with Crippen LogP contribution < -0.4 is 5.32 Å². The first-order chi connectivity index (χ1) is 7.68. The summed E-state index contributed by atoms with van der Waals surface area (Å²) in [6.45, 7) is 3.29. The van der Waals surface area contributed by atoms with Crippen LogP contribution in [-0.2, 0) is 13.6 Å². The Hall–Kier alpha value is -1.28. The lowest BCUT2D eigenvalue weighted by molar-refractivity contribution is 0.538. The molecule has 1 heterocycles. The highest BCUT2D eigenvalue weighted by atomic mass is 15.0. The van der Waals surface area contributed by atoms with E-state index in [1.165, 1.54) is 29.3 Å². The van der Waals surface area contributed by atoms with E-state index in [1.54, 1.807) is 0 Å². The lowest BCUT2D eigenvalue weighted by Gasteiger charge is -2.10. The third-order valence-electron chi connectivity index (χ3n) is 3.69. The van der Waals surface area contributed by atoms with Gasteiger partial charge in [0.15, 0.2) is 0 Å². The van der Waals surface area contributed by atoms with Gasteiger partial charge in [0.25, 0.3) is 0 Å². The van der Waals surface area contributed by atoms with Gasteiger partial charge < -0.3 is 9.88 Å². The number of nitrogens with one attached hydrogen (secondary N) is 1. The summed E-state index contributed by atoms with van der Waals surface area (Å²) in [5.41, 5.74) is 3.14. The molecule has 0 aliphatic heterocycles. The molecule has 2 heteroatoms. The van der Waals surface area contributed by atoms with Crippen molar-refractivity contribution in [2.24, 2.45) is 7.05 Å². The van der Waals surface area contributed by atoms with Crippen LogP contribution in [0.2, 0.25) is 0 Å². The summed E-state index contributed by atoms with van der Waals surface area (Å²) in [7, 11) is 2.12. The van der Waals surface area contributed by atoms with Crippen molar-refractivity contribution in [3.8, 4) is 0 Å². The van der Waals surface area contributed by atoms with Crippen LogP contribution in [0.15, 0.2) is 30.5 Å². The molecule has 0 atom stereocenters. The summed E-state index contributed by atoms with van der Waals surface area (Å²) in [6.07, 6.45) is 4.87. The molecule has 0 saturated heterocycles.